The van der Waals surface area contributed by atoms with Crippen LogP contribution in [0.4, 0.5) is 0 Å². The summed E-state index contributed by atoms with van der Waals surface area (Å²) >= 11 is 0. The molecular weight excluding hydrogens is 380 g/mol. The van der Waals surface area contributed by atoms with Crippen molar-refractivity contribution in [3.8, 4) is 11.5 Å². The molecule has 30 heavy (non-hydrogen) atoms. The number of ether oxygens (including phenoxy) is 2. The molecule has 2 heterocycles. The second kappa shape index (κ2) is 8.65. The fraction of sp³-hybridized carbons (Fsp3) is 0.174. The Morgan fingerprint density at radius 2 is 1.93 bits per heavy atom. The van der Waals surface area contributed by atoms with Crippen LogP contribution >= 0.6 is 0 Å². The fourth-order valence-corrected chi connectivity index (χ4v) is 3.66. The number of carbonyl (C=O) groups excluding carboxylic acids is 1. The zero-order valence-corrected chi connectivity index (χ0v) is 16.8. The van der Waals surface area contributed by atoms with Crippen LogP contribution in [0.5, 0.6) is 11.5 Å². The third-order valence-corrected chi connectivity index (χ3v) is 5.07. The molecule has 152 valence electrons. The molecule has 0 spiro atoms. The quantitative estimate of drug-likeness (QED) is 0.494. The SMILES string of the molecule is COc1cccc(C(CNC(=O)c2cnccn2)c2c[nH]c3ccccc23)c1OC. The van der Waals surface area contributed by atoms with Crippen molar-refractivity contribution in [2.75, 3.05) is 20.8 Å². The topological polar surface area (TPSA) is 89.1 Å². The Morgan fingerprint density at radius 3 is 2.70 bits per heavy atom. The summed E-state index contributed by atoms with van der Waals surface area (Å²) in [6.45, 7) is 0.348. The highest BCUT2D eigenvalue weighted by molar-refractivity contribution is 5.92. The van der Waals surface area contributed by atoms with Crippen LogP contribution in [0.3, 0.4) is 0 Å². The molecule has 0 aliphatic heterocycles. The van der Waals surface area contributed by atoms with Crippen LogP contribution in [0, 0.1) is 0 Å². The lowest BCUT2D eigenvalue weighted by Crippen LogP contribution is -2.29. The number of aromatic amines is 1. The van der Waals surface area contributed by atoms with Gasteiger partial charge in [0.15, 0.2) is 11.5 Å². The molecule has 7 nitrogen and oxygen atoms in total. The number of methoxy groups -OCH3 is 2. The number of fused-ring (bicyclic) bond motifs is 1. The number of nitrogens with one attached hydrogen (secondary N) is 2. The van der Waals surface area contributed by atoms with Gasteiger partial charge in [0.25, 0.3) is 5.91 Å². The number of aromatic nitrogens is 3. The van der Waals surface area contributed by atoms with Crippen molar-refractivity contribution >= 4 is 16.8 Å². The maximum absolute atomic E-state index is 12.6. The van der Waals surface area contributed by atoms with Gasteiger partial charge in [0.1, 0.15) is 5.69 Å². The van der Waals surface area contributed by atoms with Gasteiger partial charge in [-0.25, -0.2) is 4.98 Å². The van der Waals surface area contributed by atoms with E-state index in [1.165, 1.54) is 18.6 Å². The van der Waals surface area contributed by atoms with Crippen molar-refractivity contribution in [1.82, 2.24) is 20.3 Å². The Hall–Kier alpha value is -3.87. The summed E-state index contributed by atoms with van der Waals surface area (Å²) in [5.74, 6) is 0.825. The van der Waals surface area contributed by atoms with Gasteiger partial charge < -0.3 is 19.8 Å². The van der Waals surface area contributed by atoms with Crippen LogP contribution in [0.15, 0.2) is 67.3 Å². The summed E-state index contributed by atoms with van der Waals surface area (Å²) in [4.78, 5) is 24.0. The standard InChI is InChI=1S/C23H22N4O3/c1-29-21-9-5-7-16(22(21)30-2)18(13-27-23(28)20-14-24-10-11-25-20)17-12-26-19-8-4-3-6-15(17)19/h3-12,14,18,26H,13H2,1-2H3,(H,27,28). The number of amides is 1. The van der Waals surface area contributed by atoms with Crippen molar-refractivity contribution in [3.63, 3.8) is 0 Å². The average Bonchev–Trinajstić information content (AvgIpc) is 3.23. The van der Waals surface area contributed by atoms with E-state index in [2.05, 4.69) is 26.3 Å². The smallest absolute Gasteiger partial charge is 0.271 e. The molecule has 0 radical (unpaired) electrons. The van der Waals surface area contributed by atoms with Crippen LogP contribution in [0.2, 0.25) is 0 Å². The van der Waals surface area contributed by atoms with Crippen molar-refractivity contribution in [2.45, 2.75) is 5.92 Å². The third-order valence-electron chi connectivity index (χ3n) is 5.07. The van der Waals surface area contributed by atoms with Gasteiger partial charge in [0, 0.05) is 47.5 Å². The third kappa shape index (κ3) is 3.69. The van der Waals surface area contributed by atoms with Gasteiger partial charge in [0.05, 0.1) is 20.4 Å². The lowest BCUT2D eigenvalue weighted by molar-refractivity contribution is 0.0947. The first-order valence-corrected chi connectivity index (χ1v) is 9.54. The Balaban J connectivity index is 1.75. The van der Waals surface area contributed by atoms with E-state index in [0.29, 0.717) is 18.0 Å². The van der Waals surface area contributed by atoms with E-state index < -0.39 is 0 Å². The van der Waals surface area contributed by atoms with Crippen molar-refractivity contribution < 1.29 is 14.3 Å². The number of para-hydroxylation sites is 2. The number of carbonyl (C=O) groups is 1. The Kier molecular flexibility index (Phi) is 5.61. The van der Waals surface area contributed by atoms with Gasteiger partial charge in [-0.1, -0.05) is 30.3 Å². The summed E-state index contributed by atoms with van der Waals surface area (Å²) in [5, 5.41) is 4.07. The summed E-state index contributed by atoms with van der Waals surface area (Å²) in [6.07, 6.45) is 6.45. The van der Waals surface area contributed by atoms with E-state index in [1.54, 1.807) is 14.2 Å². The van der Waals surface area contributed by atoms with Crippen molar-refractivity contribution in [3.05, 3.63) is 84.1 Å². The maximum atomic E-state index is 12.6. The minimum atomic E-state index is -0.283. The minimum Gasteiger partial charge on any atom is -0.493 e. The molecule has 1 atom stereocenters. The summed E-state index contributed by atoms with van der Waals surface area (Å²) in [6, 6.07) is 13.8. The first-order chi connectivity index (χ1) is 14.7. The zero-order valence-electron chi connectivity index (χ0n) is 16.8. The molecule has 4 aromatic rings. The molecule has 2 aromatic carbocycles. The Bertz CT molecular complexity index is 1160. The van der Waals surface area contributed by atoms with Crippen molar-refractivity contribution in [1.29, 1.82) is 0 Å². The number of H-pyrrole nitrogens is 1. The molecule has 1 unspecified atom stereocenters. The van der Waals surface area contributed by atoms with Gasteiger partial charge in [-0.2, -0.15) is 0 Å². The lowest BCUT2D eigenvalue weighted by Gasteiger charge is -2.22. The second-order valence-corrected chi connectivity index (χ2v) is 6.73. The van der Waals surface area contributed by atoms with Gasteiger partial charge in [-0.3, -0.25) is 9.78 Å². The van der Waals surface area contributed by atoms with Gasteiger partial charge >= 0.3 is 0 Å². The normalized spacial score (nSPS) is 11.8. The maximum Gasteiger partial charge on any atom is 0.271 e. The molecule has 0 saturated carbocycles. The molecule has 0 fully saturated rings. The highest BCUT2D eigenvalue weighted by atomic mass is 16.5. The highest BCUT2D eigenvalue weighted by Crippen LogP contribution is 2.40. The number of benzene rings is 2. The Morgan fingerprint density at radius 1 is 1.07 bits per heavy atom. The predicted molar refractivity (Wildman–Crippen MR) is 114 cm³/mol. The van der Waals surface area contributed by atoms with E-state index in [4.69, 9.17) is 9.47 Å². The summed E-state index contributed by atoms with van der Waals surface area (Å²) < 4.78 is 11.2. The largest absolute Gasteiger partial charge is 0.493 e. The molecule has 2 N–H and O–H groups in total. The average molecular weight is 402 g/mol. The van der Waals surface area contributed by atoms with E-state index in [0.717, 1.165) is 22.0 Å². The van der Waals surface area contributed by atoms with E-state index in [-0.39, 0.29) is 17.5 Å². The first kappa shape index (κ1) is 19.4. The number of hydrogen-bond donors (Lipinski definition) is 2. The summed E-state index contributed by atoms with van der Waals surface area (Å²) in [5.41, 5.74) is 3.27. The molecule has 2 aromatic heterocycles. The fourth-order valence-electron chi connectivity index (χ4n) is 3.66. The highest BCUT2D eigenvalue weighted by Gasteiger charge is 2.24. The number of rotatable bonds is 7. The monoisotopic (exact) mass is 402 g/mol. The molecular formula is C23H22N4O3. The van der Waals surface area contributed by atoms with Crippen LogP contribution in [-0.2, 0) is 0 Å². The van der Waals surface area contributed by atoms with E-state index in [1.807, 2.05) is 42.6 Å². The van der Waals surface area contributed by atoms with E-state index in [9.17, 15) is 4.79 Å². The molecule has 0 bridgehead atoms. The van der Waals surface area contributed by atoms with Crippen LogP contribution in [-0.4, -0.2) is 41.6 Å². The summed E-state index contributed by atoms with van der Waals surface area (Å²) in [7, 11) is 3.23. The Labute approximate surface area is 174 Å². The number of hydrogen-bond acceptors (Lipinski definition) is 5. The lowest BCUT2D eigenvalue weighted by atomic mass is 9.89. The van der Waals surface area contributed by atoms with Gasteiger partial charge in [-0.05, 0) is 17.7 Å². The van der Waals surface area contributed by atoms with Gasteiger partial charge in [-0.15, -0.1) is 0 Å². The molecule has 0 aliphatic rings. The predicted octanol–water partition coefficient (Wildman–Crippen LogP) is 3.54. The number of nitrogens with zero attached hydrogens (tertiary/aromatic N) is 2. The van der Waals surface area contributed by atoms with Crippen LogP contribution in [0.25, 0.3) is 10.9 Å². The minimum absolute atomic E-state index is 0.174. The molecule has 4 rings (SSSR count). The molecule has 0 saturated heterocycles. The van der Waals surface area contributed by atoms with Crippen LogP contribution < -0.4 is 14.8 Å². The molecule has 7 heteroatoms. The van der Waals surface area contributed by atoms with Gasteiger partial charge in [0.2, 0.25) is 0 Å². The molecule has 0 aliphatic carbocycles. The zero-order chi connectivity index (χ0) is 20.9. The van der Waals surface area contributed by atoms with Crippen LogP contribution in [0.1, 0.15) is 27.5 Å². The second-order valence-electron chi connectivity index (χ2n) is 6.73. The molecule has 1 amide bonds. The first-order valence-electron chi connectivity index (χ1n) is 9.54. The van der Waals surface area contributed by atoms with Crippen molar-refractivity contribution in [2.24, 2.45) is 0 Å². The van der Waals surface area contributed by atoms with E-state index >= 15 is 0 Å².